The molecule has 2 rings (SSSR count). The number of anilines is 1. The van der Waals surface area contributed by atoms with E-state index in [1.807, 2.05) is 18.2 Å². The van der Waals surface area contributed by atoms with Crippen LogP contribution in [-0.4, -0.2) is 36.8 Å². The van der Waals surface area contributed by atoms with Crippen LogP contribution in [-0.2, 0) is 4.74 Å². The van der Waals surface area contributed by atoms with Crippen molar-refractivity contribution in [3.8, 4) is 5.75 Å². The molecule has 0 aliphatic heterocycles. The Hall–Kier alpha value is -2.76. The molecule has 0 aliphatic carbocycles. The van der Waals surface area contributed by atoms with Gasteiger partial charge in [0.15, 0.2) is 0 Å². The maximum Gasteiger partial charge on any atom is 0.414 e. The van der Waals surface area contributed by atoms with E-state index < -0.39 is 17.8 Å². The second kappa shape index (κ2) is 6.78. The molecular weight excluding hydrogens is 308 g/mol. The molecule has 128 valence electrons. The number of rotatable bonds is 2. The van der Waals surface area contributed by atoms with Gasteiger partial charge in [-0.15, -0.1) is 0 Å². The molecule has 0 aromatic heterocycles. The lowest BCUT2D eigenvalue weighted by molar-refractivity contribution is 0.0636. The fraction of sp³-hybridized carbons (Fsp3) is 0.333. The lowest BCUT2D eigenvalue weighted by Crippen LogP contribution is -2.27. The minimum Gasteiger partial charge on any atom is -0.444 e. The number of carbonyl (C=O) groups excluding carboxylic acids is 2. The van der Waals surface area contributed by atoms with Crippen molar-refractivity contribution in [2.75, 3.05) is 19.4 Å². The summed E-state index contributed by atoms with van der Waals surface area (Å²) in [5, 5.41) is 4.40. The summed E-state index contributed by atoms with van der Waals surface area (Å²) in [6, 6.07) is 10.8. The van der Waals surface area contributed by atoms with Crippen LogP contribution in [0.4, 0.5) is 15.3 Å². The van der Waals surface area contributed by atoms with Crippen molar-refractivity contribution in [3.63, 3.8) is 0 Å². The SMILES string of the molecule is CN(C)C(=O)Oc1ccc2cccc(NC(=O)OC(C)(C)C)c2c1. The van der Waals surface area contributed by atoms with Crippen LogP contribution < -0.4 is 10.1 Å². The summed E-state index contributed by atoms with van der Waals surface area (Å²) in [6.45, 7) is 5.40. The number of nitrogens with one attached hydrogen (secondary N) is 1. The summed E-state index contributed by atoms with van der Waals surface area (Å²) in [7, 11) is 3.22. The average molecular weight is 330 g/mol. The Morgan fingerprint density at radius 3 is 2.42 bits per heavy atom. The molecular formula is C18H22N2O4. The van der Waals surface area contributed by atoms with Crippen LogP contribution in [0.2, 0.25) is 0 Å². The predicted octanol–water partition coefficient (Wildman–Crippen LogP) is 4.25. The highest BCUT2D eigenvalue weighted by molar-refractivity contribution is 6.00. The molecule has 0 heterocycles. The zero-order valence-electron chi connectivity index (χ0n) is 14.5. The molecule has 0 saturated heterocycles. The highest BCUT2D eigenvalue weighted by Gasteiger charge is 2.17. The average Bonchev–Trinajstić information content (AvgIpc) is 2.45. The number of amides is 2. The molecule has 0 atom stereocenters. The largest absolute Gasteiger partial charge is 0.444 e. The first-order chi connectivity index (χ1) is 11.2. The van der Waals surface area contributed by atoms with E-state index >= 15 is 0 Å². The molecule has 0 fully saturated rings. The van der Waals surface area contributed by atoms with Gasteiger partial charge in [-0.25, -0.2) is 9.59 Å². The molecule has 0 radical (unpaired) electrons. The highest BCUT2D eigenvalue weighted by atomic mass is 16.6. The maximum absolute atomic E-state index is 12.0. The molecule has 24 heavy (non-hydrogen) atoms. The zero-order chi connectivity index (χ0) is 17.9. The maximum atomic E-state index is 12.0. The number of benzene rings is 2. The Balaban J connectivity index is 2.30. The lowest BCUT2D eigenvalue weighted by atomic mass is 10.1. The van der Waals surface area contributed by atoms with Gasteiger partial charge in [0, 0.05) is 19.5 Å². The summed E-state index contributed by atoms with van der Waals surface area (Å²) in [5.74, 6) is 0.402. The van der Waals surface area contributed by atoms with Gasteiger partial charge in [-0.05, 0) is 44.4 Å². The monoisotopic (exact) mass is 330 g/mol. The summed E-state index contributed by atoms with van der Waals surface area (Å²) in [6.07, 6.45) is -1.00. The third-order valence-corrected chi connectivity index (χ3v) is 3.06. The van der Waals surface area contributed by atoms with E-state index in [-0.39, 0.29) is 0 Å². The molecule has 2 amide bonds. The van der Waals surface area contributed by atoms with Gasteiger partial charge >= 0.3 is 12.2 Å². The minimum absolute atomic E-state index is 0.402. The fourth-order valence-electron chi connectivity index (χ4n) is 2.03. The van der Waals surface area contributed by atoms with Crippen molar-refractivity contribution in [3.05, 3.63) is 36.4 Å². The third-order valence-electron chi connectivity index (χ3n) is 3.06. The molecule has 6 heteroatoms. The molecule has 0 unspecified atom stereocenters. The first-order valence-corrected chi connectivity index (χ1v) is 7.57. The van der Waals surface area contributed by atoms with Gasteiger partial charge in [0.05, 0.1) is 5.69 Å². The quantitative estimate of drug-likeness (QED) is 0.894. The van der Waals surface area contributed by atoms with Gasteiger partial charge in [-0.1, -0.05) is 18.2 Å². The van der Waals surface area contributed by atoms with Gasteiger partial charge in [-0.2, -0.15) is 0 Å². The first kappa shape index (κ1) is 17.6. The molecule has 6 nitrogen and oxygen atoms in total. The third kappa shape index (κ3) is 4.62. The Bertz CT molecular complexity index is 763. The van der Waals surface area contributed by atoms with Gasteiger partial charge in [0.25, 0.3) is 0 Å². The summed E-state index contributed by atoms with van der Waals surface area (Å²) >= 11 is 0. The number of ether oxygens (including phenoxy) is 2. The van der Waals surface area contributed by atoms with Gasteiger partial charge in [0.1, 0.15) is 11.4 Å². The number of hydrogen-bond donors (Lipinski definition) is 1. The Morgan fingerprint density at radius 1 is 1.08 bits per heavy atom. The smallest absolute Gasteiger partial charge is 0.414 e. The highest BCUT2D eigenvalue weighted by Crippen LogP contribution is 2.28. The topological polar surface area (TPSA) is 67.9 Å². The van der Waals surface area contributed by atoms with Gasteiger partial charge < -0.3 is 14.4 Å². The van der Waals surface area contributed by atoms with Crippen molar-refractivity contribution in [1.82, 2.24) is 4.90 Å². The molecule has 0 spiro atoms. The van der Waals surface area contributed by atoms with Crippen LogP contribution in [0.3, 0.4) is 0 Å². The predicted molar refractivity (Wildman–Crippen MR) is 93.5 cm³/mol. The second-order valence-corrected chi connectivity index (χ2v) is 6.58. The van der Waals surface area contributed by atoms with Crippen molar-refractivity contribution in [2.45, 2.75) is 26.4 Å². The summed E-state index contributed by atoms with van der Waals surface area (Å²) in [5.41, 5.74) is 0.00523. The van der Waals surface area contributed by atoms with Crippen LogP contribution in [0.1, 0.15) is 20.8 Å². The van der Waals surface area contributed by atoms with E-state index in [4.69, 9.17) is 9.47 Å². The number of hydrogen-bond acceptors (Lipinski definition) is 4. The van der Waals surface area contributed by atoms with E-state index in [2.05, 4.69) is 5.32 Å². The van der Waals surface area contributed by atoms with Crippen LogP contribution in [0.5, 0.6) is 5.75 Å². The van der Waals surface area contributed by atoms with Crippen LogP contribution in [0.25, 0.3) is 10.8 Å². The molecule has 1 N–H and O–H groups in total. The van der Waals surface area contributed by atoms with Crippen LogP contribution >= 0.6 is 0 Å². The van der Waals surface area contributed by atoms with Gasteiger partial charge in [-0.3, -0.25) is 5.32 Å². The van der Waals surface area contributed by atoms with E-state index in [0.717, 1.165) is 10.8 Å². The van der Waals surface area contributed by atoms with Crippen molar-refractivity contribution < 1.29 is 19.1 Å². The van der Waals surface area contributed by atoms with E-state index in [1.54, 1.807) is 53.1 Å². The first-order valence-electron chi connectivity index (χ1n) is 7.57. The van der Waals surface area contributed by atoms with E-state index in [1.165, 1.54) is 4.90 Å². The molecule has 2 aromatic carbocycles. The van der Waals surface area contributed by atoms with Gasteiger partial charge in [0.2, 0.25) is 0 Å². The minimum atomic E-state index is -0.582. The molecule has 2 aromatic rings. The van der Waals surface area contributed by atoms with E-state index in [9.17, 15) is 9.59 Å². The van der Waals surface area contributed by atoms with Crippen LogP contribution in [0, 0.1) is 0 Å². The van der Waals surface area contributed by atoms with Crippen LogP contribution in [0.15, 0.2) is 36.4 Å². The molecule has 0 bridgehead atoms. The summed E-state index contributed by atoms with van der Waals surface area (Å²) < 4.78 is 10.5. The normalized spacial score (nSPS) is 11.0. The number of carbonyl (C=O) groups is 2. The Labute approximate surface area is 141 Å². The fourth-order valence-corrected chi connectivity index (χ4v) is 2.03. The standard InChI is InChI=1S/C18H22N2O4/c1-18(2,3)24-16(21)19-15-8-6-7-12-9-10-13(11-14(12)15)23-17(22)20(4)5/h6-11H,1-5H3,(H,19,21). The Kier molecular flexibility index (Phi) is 4.97. The summed E-state index contributed by atoms with van der Waals surface area (Å²) in [4.78, 5) is 25.0. The second-order valence-electron chi connectivity index (χ2n) is 6.58. The number of fused-ring (bicyclic) bond motifs is 1. The zero-order valence-corrected chi connectivity index (χ0v) is 14.5. The van der Waals surface area contributed by atoms with Crippen molar-refractivity contribution >= 4 is 28.6 Å². The lowest BCUT2D eigenvalue weighted by Gasteiger charge is -2.20. The number of nitrogens with zero attached hydrogens (tertiary/aromatic N) is 1. The Morgan fingerprint density at radius 2 is 1.79 bits per heavy atom. The van der Waals surface area contributed by atoms with Crippen molar-refractivity contribution in [2.24, 2.45) is 0 Å². The molecule has 0 aliphatic rings. The van der Waals surface area contributed by atoms with Crippen molar-refractivity contribution in [1.29, 1.82) is 0 Å². The molecule has 0 saturated carbocycles. The van der Waals surface area contributed by atoms with E-state index in [0.29, 0.717) is 11.4 Å².